The van der Waals surface area contributed by atoms with Gasteiger partial charge < -0.3 is 15.2 Å². The molecule has 2 N–H and O–H groups in total. The summed E-state index contributed by atoms with van der Waals surface area (Å²) in [5.41, 5.74) is 4.47. The third-order valence-electron chi connectivity index (χ3n) is 5.31. The molecule has 140 valence electrons. The highest BCUT2D eigenvalue weighted by atomic mass is 19.1. The largest absolute Gasteiger partial charge is 0.372 e. The van der Waals surface area contributed by atoms with Gasteiger partial charge in [-0.05, 0) is 49.1 Å². The first-order chi connectivity index (χ1) is 13.1. The summed E-state index contributed by atoms with van der Waals surface area (Å²) in [5.74, 6) is -0.351. The smallest absolute Gasteiger partial charge is 0.224 e. The predicted octanol–water partition coefficient (Wildman–Crippen LogP) is 4.07. The Morgan fingerprint density at radius 2 is 1.96 bits per heavy atom. The van der Waals surface area contributed by atoms with Crippen molar-refractivity contribution in [3.05, 3.63) is 65.1 Å². The molecule has 27 heavy (non-hydrogen) atoms. The number of anilines is 1. The lowest BCUT2D eigenvalue weighted by Crippen LogP contribution is -2.25. The van der Waals surface area contributed by atoms with Crippen molar-refractivity contribution in [3.63, 3.8) is 0 Å². The van der Waals surface area contributed by atoms with Gasteiger partial charge in [-0.1, -0.05) is 24.3 Å². The highest BCUT2D eigenvalue weighted by Crippen LogP contribution is 2.25. The number of carbonyl (C=O) groups is 1. The Bertz CT molecular complexity index is 973. The summed E-state index contributed by atoms with van der Waals surface area (Å²) in [6.45, 7) is 4.58. The zero-order chi connectivity index (χ0) is 18.8. The van der Waals surface area contributed by atoms with Crippen LogP contribution in [0.4, 0.5) is 10.1 Å². The van der Waals surface area contributed by atoms with Crippen LogP contribution in [0.5, 0.6) is 0 Å². The van der Waals surface area contributed by atoms with Gasteiger partial charge in [-0.15, -0.1) is 0 Å². The number of aromatic nitrogens is 1. The summed E-state index contributed by atoms with van der Waals surface area (Å²) >= 11 is 0. The number of nitrogens with one attached hydrogen (secondary N) is 2. The van der Waals surface area contributed by atoms with Crippen LogP contribution < -0.4 is 10.2 Å². The Balaban J connectivity index is 1.43. The predicted molar refractivity (Wildman–Crippen MR) is 106 cm³/mol. The second kappa shape index (κ2) is 7.43. The number of carbonyl (C=O) groups excluding carboxylic acids is 1. The molecule has 3 aromatic rings. The monoisotopic (exact) mass is 365 g/mol. The van der Waals surface area contributed by atoms with Crippen LogP contribution in [0.2, 0.25) is 0 Å². The van der Waals surface area contributed by atoms with Crippen molar-refractivity contribution < 1.29 is 9.18 Å². The zero-order valence-corrected chi connectivity index (χ0v) is 15.5. The van der Waals surface area contributed by atoms with E-state index in [9.17, 15) is 9.18 Å². The van der Waals surface area contributed by atoms with Crippen LogP contribution in [0.3, 0.4) is 0 Å². The molecule has 4 rings (SSSR count). The van der Waals surface area contributed by atoms with Gasteiger partial charge in [-0.2, -0.15) is 0 Å². The molecule has 0 bridgehead atoms. The van der Waals surface area contributed by atoms with Gasteiger partial charge in [0.1, 0.15) is 5.82 Å². The van der Waals surface area contributed by atoms with Gasteiger partial charge in [0.05, 0.1) is 11.9 Å². The highest BCUT2D eigenvalue weighted by molar-refractivity contribution is 5.90. The fraction of sp³-hybridized carbons (Fsp3) is 0.318. The van der Waals surface area contributed by atoms with Gasteiger partial charge >= 0.3 is 0 Å². The Morgan fingerprint density at radius 1 is 1.19 bits per heavy atom. The number of halogens is 1. The molecular weight excluding hydrogens is 341 g/mol. The number of aromatic amines is 1. The van der Waals surface area contributed by atoms with Gasteiger partial charge in [-0.25, -0.2) is 4.39 Å². The Morgan fingerprint density at radius 3 is 2.78 bits per heavy atom. The van der Waals surface area contributed by atoms with E-state index in [1.165, 1.54) is 24.6 Å². The molecule has 0 aliphatic carbocycles. The number of H-pyrrole nitrogens is 1. The number of hydrogen-bond donors (Lipinski definition) is 2. The first-order valence-electron chi connectivity index (χ1n) is 9.48. The van der Waals surface area contributed by atoms with Crippen molar-refractivity contribution in [3.8, 4) is 0 Å². The van der Waals surface area contributed by atoms with Crippen LogP contribution in [-0.2, 0) is 17.8 Å². The molecule has 1 saturated heterocycles. The van der Waals surface area contributed by atoms with E-state index in [0.717, 1.165) is 35.3 Å². The fourth-order valence-electron chi connectivity index (χ4n) is 3.86. The molecule has 2 aromatic carbocycles. The van der Waals surface area contributed by atoms with E-state index in [4.69, 9.17) is 0 Å². The molecule has 0 saturated carbocycles. The third kappa shape index (κ3) is 3.68. The topological polar surface area (TPSA) is 48.1 Å². The van der Waals surface area contributed by atoms with Gasteiger partial charge in [0.25, 0.3) is 0 Å². The van der Waals surface area contributed by atoms with E-state index in [-0.39, 0.29) is 18.1 Å². The van der Waals surface area contributed by atoms with E-state index in [0.29, 0.717) is 12.1 Å². The summed E-state index contributed by atoms with van der Waals surface area (Å²) in [6, 6.07) is 13.3. The van der Waals surface area contributed by atoms with Crippen molar-refractivity contribution in [1.29, 1.82) is 0 Å². The zero-order valence-electron chi connectivity index (χ0n) is 15.5. The van der Waals surface area contributed by atoms with Gasteiger partial charge in [0.2, 0.25) is 5.91 Å². The summed E-state index contributed by atoms with van der Waals surface area (Å²) < 4.78 is 13.9. The molecule has 1 amide bonds. The van der Waals surface area contributed by atoms with Crippen LogP contribution in [0, 0.1) is 12.7 Å². The number of rotatable bonds is 5. The third-order valence-corrected chi connectivity index (χ3v) is 5.31. The molecule has 1 aromatic heterocycles. The summed E-state index contributed by atoms with van der Waals surface area (Å²) in [4.78, 5) is 17.9. The molecule has 1 aliphatic rings. The standard InChI is InChI=1S/C22H24FN3O/c1-15-19(18-8-5-9-20(23)22(18)25-15)13-21(27)24-14-16-6-4-7-17(12-16)26-10-2-3-11-26/h4-9,12,25H,2-3,10-11,13-14H2,1H3,(H,24,27). The van der Waals surface area contributed by atoms with Crippen molar-refractivity contribution in [2.75, 3.05) is 18.0 Å². The molecule has 5 heteroatoms. The number of para-hydroxylation sites is 1. The van der Waals surface area contributed by atoms with Crippen LogP contribution >= 0.6 is 0 Å². The molecule has 1 aliphatic heterocycles. The maximum absolute atomic E-state index is 13.9. The molecule has 0 unspecified atom stereocenters. The number of hydrogen-bond acceptors (Lipinski definition) is 2. The van der Waals surface area contributed by atoms with E-state index in [1.54, 1.807) is 6.07 Å². The summed E-state index contributed by atoms with van der Waals surface area (Å²) in [5, 5.41) is 3.77. The lowest BCUT2D eigenvalue weighted by atomic mass is 10.1. The van der Waals surface area contributed by atoms with Crippen LogP contribution in [-0.4, -0.2) is 24.0 Å². The van der Waals surface area contributed by atoms with Gasteiger partial charge in [-0.3, -0.25) is 4.79 Å². The molecular formula is C22H24FN3O. The summed E-state index contributed by atoms with van der Waals surface area (Å²) in [7, 11) is 0. The molecule has 0 spiro atoms. The first kappa shape index (κ1) is 17.6. The molecule has 0 atom stereocenters. The van der Waals surface area contributed by atoms with Crippen molar-refractivity contribution in [2.45, 2.75) is 32.7 Å². The maximum atomic E-state index is 13.9. The second-order valence-electron chi connectivity index (χ2n) is 7.21. The minimum atomic E-state index is -0.291. The summed E-state index contributed by atoms with van der Waals surface area (Å²) in [6.07, 6.45) is 2.72. The molecule has 2 heterocycles. The Hall–Kier alpha value is -2.82. The van der Waals surface area contributed by atoms with E-state index in [1.807, 2.05) is 25.1 Å². The van der Waals surface area contributed by atoms with Crippen LogP contribution in [0.15, 0.2) is 42.5 Å². The fourth-order valence-corrected chi connectivity index (χ4v) is 3.86. The SMILES string of the molecule is Cc1[nH]c2c(F)cccc2c1CC(=O)NCc1cccc(N2CCCC2)c1. The lowest BCUT2D eigenvalue weighted by Gasteiger charge is -2.18. The first-order valence-corrected chi connectivity index (χ1v) is 9.48. The van der Waals surface area contributed by atoms with Crippen molar-refractivity contribution in [1.82, 2.24) is 10.3 Å². The second-order valence-corrected chi connectivity index (χ2v) is 7.21. The van der Waals surface area contributed by atoms with Crippen LogP contribution in [0.1, 0.15) is 29.7 Å². The Kier molecular flexibility index (Phi) is 4.84. The number of amides is 1. The van der Waals surface area contributed by atoms with Gasteiger partial charge in [0.15, 0.2) is 0 Å². The maximum Gasteiger partial charge on any atom is 0.224 e. The number of fused-ring (bicyclic) bond motifs is 1. The lowest BCUT2D eigenvalue weighted by molar-refractivity contribution is -0.120. The molecule has 4 nitrogen and oxygen atoms in total. The Labute approximate surface area is 158 Å². The molecule has 1 fully saturated rings. The van der Waals surface area contributed by atoms with Gasteiger partial charge in [0, 0.05) is 36.4 Å². The normalized spacial score (nSPS) is 14.1. The number of benzene rings is 2. The van der Waals surface area contributed by atoms with Crippen molar-refractivity contribution >= 4 is 22.5 Å². The quantitative estimate of drug-likeness (QED) is 0.716. The number of aryl methyl sites for hydroxylation is 1. The van der Waals surface area contributed by atoms with E-state index < -0.39 is 0 Å². The average molecular weight is 365 g/mol. The minimum Gasteiger partial charge on any atom is -0.372 e. The number of nitrogens with zero attached hydrogens (tertiary/aromatic N) is 1. The van der Waals surface area contributed by atoms with E-state index in [2.05, 4.69) is 27.3 Å². The van der Waals surface area contributed by atoms with Crippen molar-refractivity contribution in [2.24, 2.45) is 0 Å². The average Bonchev–Trinajstić information content (AvgIpc) is 3.31. The van der Waals surface area contributed by atoms with E-state index >= 15 is 0 Å². The minimum absolute atomic E-state index is 0.0603. The molecule has 0 radical (unpaired) electrons. The highest BCUT2D eigenvalue weighted by Gasteiger charge is 2.15. The van der Waals surface area contributed by atoms with Crippen LogP contribution in [0.25, 0.3) is 10.9 Å².